The van der Waals surface area contributed by atoms with Gasteiger partial charge in [0, 0.05) is 23.2 Å². The van der Waals surface area contributed by atoms with E-state index in [0.717, 1.165) is 29.8 Å². The predicted molar refractivity (Wildman–Crippen MR) is 87.6 cm³/mol. The molecule has 1 aliphatic rings. The number of likely N-dealkylation sites (tertiary alicyclic amines) is 1. The van der Waals surface area contributed by atoms with Gasteiger partial charge < -0.3 is 5.73 Å². The van der Waals surface area contributed by atoms with Crippen LogP contribution in [0.2, 0.25) is 0 Å². The zero-order valence-corrected chi connectivity index (χ0v) is 13.0. The summed E-state index contributed by atoms with van der Waals surface area (Å²) in [7, 11) is 0. The highest BCUT2D eigenvalue weighted by Gasteiger charge is 2.23. The third-order valence-electron chi connectivity index (χ3n) is 4.01. The summed E-state index contributed by atoms with van der Waals surface area (Å²) in [6.45, 7) is 3.29. The minimum absolute atomic E-state index is 0.670. The monoisotopic (exact) mass is 330 g/mol. The second-order valence-electron chi connectivity index (χ2n) is 5.48. The summed E-state index contributed by atoms with van der Waals surface area (Å²) in [6.07, 6.45) is 1.25. The molecule has 0 aromatic heterocycles. The van der Waals surface area contributed by atoms with E-state index in [4.69, 9.17) is 5.73 Å². The van der Waals surface area contributed by atoms with E-state index in [0.29, 0.717) is 5.92 Å². The zero-order valence-electron chi connectivity index (χ0n) is 11.4. The van der Waals surface area contributed by atoms with Gasteiger partial charge in [0.1, 0.15) is 0 Å². The number of anilines is 1. The van der Waals surface area contributed by atoms with Crippen LogP contribution in [0.3, 0.4) is 0 Å². The summed E-state index contributed by atoms with van der Waals surface area (Å²) in [5.41, 5.74) is 9.38. The van der Waals surface area contributed by atoms with Crippen LogP contribution >= 0.6 is 15.9 Å². The van der Waals surface area contributed by atoms with Crippen LogP contribution in [0.5, 0.6) is 0 Å². The van der Waals surface area contributed by atoms with Crippen molar-refractivity contribution in [2.24, 2.45) is 0 Å². The van der Waals surface area contributed by atoms with Crippen LogP contribution in [0.15, 0.2) is 53.0 Å². The van der Waals surface area contributed by atoms with Crippen LogP contribution in [0.4, 0.5) is 5.69 Å². The number of nitrogens with two attached hydrogens (primary N) is 1. The third-order valence-corrected chi connectivity index (χ3v) is 4.75. The molecule has 0 aliphatic carbocycles. The molecule has 0 bridgehead atoms. The van der Waals surface area contributed by atoms with Gasteiger partial charge in [-0.2, -0.15) is 0 Å². The van der Waals surface area contributed by atoms with Crippen LogP contribution in [0.1, 0.15) is 23.5 Å². The molecule has 1 unspecified atom stereocenters. The standard InChI is InChI=1S/C17H19BrN2/c18-17-10-16(19)7-6-15(17)12-20-9-8-14(11-20)13-4-2-1-3-5-13/h1-7,10,14H,8-9,11-12,19H2. The molecule has 0 radical (unpaired) electrons. The van der Waals surface area contributed by atoms with Crippen molar-refractivity contribution in [1.29, 1.82) is 0 Å². The number of benzene rings is 2. The number of halogens is 1. The van der Waals surface area contributed by atoms with E-state index in [2.05, 4.69) is 57.2 Å². The molecule has 20 heavy (non-hydrogen) atoms. The normalized spacial score (nSPS) is 19.4. The van der Waals surface area contributed by atoms with Crippen molar-refractivity contribution in [3.05, 3.63) is 64.1 Å². The number of nitrogen functional groups attached to an aromatic ring is 1. The minimum Gasteiger partial charge on any atom is -0.399 e. The van der Waals surface area contributed by atoms with Gasteiger partial charge in [-0.15, -0.1) is 0 Å². The van der Waals surface area contributed by atoms with Crippen LogP contribution in [0, 0.1) is 0 Å². The summed E-state index contributed by atoms with van der Waals surface area (Å²) in [5, 5.41) is 0. The lowest BCUT2D eigenvalue weighted by Crippen LogP contribution is -2.20. The van der Waals surface area contributed by atoms with Crippen LogP contribution < -0.4 is 5.73 Å². The van der Waals surface area contributed by atoms with E-state index >= 15 is 0 Å². The molecule has 2 nitrogen and oxygen atoms in total. The Balaban J connectivity index is 1.66. The zero-order chi connectivity index (χ0) is 13.9. The fourth-order valence-electron chi connectivity index (χ4n) is 2.91. The number of hydrogen-bond donors (Lipinski definition) is 1. The van der Waals surface area contributed by atoms with Gasteiger partial charge in [0.2, 0.25) is 0 Å². The number of nitrogens with zero attached hydrogens (tertiary/aromatic N) is 1. The molecule has 2 aromatic carbocycles. The van der Waals surface area contributed by atoms with Crippen molar-refractivity contribution in [2.75, 3.05) is 18.8 Å². The Kier molecular flexibility index (Phi) is 4.08. The predicted octanol–water partition coefficient (Wildman–Crippen LogP) is 4.02. The van der Waals surface area contributed by atoms with Crippen molar-refractivity contribution >= 4 is 21.6 Å². The summed E-state index contributed by atoms with van der Waals surface area (Å²) in [6, 6.07) is 16.9. The molecule has 2 aromatic rings. The van der Waals surface area contributed by atoms with Crippen molar-refractivity contribution in [2.45, 2.75) is 18.9 Å². The van der Waals surface area contributed by atoms with E-state index in [-0.39, 0.29) is 0 Å². The molecule has 3 rings (SSSR count). The van der Waals surface area contributed by atoms with E-state index in [1.54, 1.807) is 0 Å². The molecule has 0 spiro atoms. The first-order chi connectivity index (χ1) is 9.72. The molecule has 104 valence electrons. The van der Waals surface area contributed by atoms with E-state index < -0.39 is 0 Å². The summed E-state index contributed by atoms with van der Waals surface area (Å²) < 4.78 is 1.11. The van der Waals surface area contributed by atoms with E-state index in [1.807, 2.05) is 12.1 Å². The van der Waals surface area contributed by atoms with Gasteiger partial charge in [-0.1, -0.05) is 52.3 Å². The lowest BCUT2D eigenvalue weighted by molar-refractivity contribution is 0.326. The molecule has 0 saturated carbocycles. The van der Waals surface area contributed by atoms with E-state index in [1.165, 1.54) is 17.5 Å². The Morgan fingerprint density at radius 1 is 1.15 bits per heavy atom. The average molecular weight is 331 g/mol. The summed E-state index contributed by atoms with van der Waals surface area (Å²) >= 11 is 3.61. The maximum atomic E-state index is 5.79. The lowest BCUT2D eigenvalue weighted by Gasteiger charge is -2.17. The fraction of sp³-hybridized carbons (Fsp3) is 0.294. The highest BCUT2D eigenvalue weighted by atomic mass is 79.9. The molecule has 1 saturated heterocycles. The molecule has 3 heteroatoms. The Morgan fingerprint density at radius 3 is 2.70 bits per heavy atom. The summed E-state index contributed by atoms with van der Waals surface area (Å²) in [4.78, 5) is 2.52. The molecule has 0 amide bonds. The van der Waals surface area contributed by atoms with Gasteiger partial charge in [0.15, 0.2) is 0 Å². The van der Waals surface area contributed by atoms with Crippen LogP contribution in [-0.2, 0) is 6.54 Å². The molecular formula is C17H19BrN2. The second-order valence-corrected chi connectivity index (χ2v) is 6.34. The van der Waals surface area contributed by atoms with Crippen molar-refractivity contribution in [3.63, 3.8) is 0 Å². The first-order valence-corrected chi connectivity index (χ1v) is 7.83. The number of hydrogen-bond acceptors (Lipinski definition) is 2. The highest BCUT2D eigenvalue weighted by Crippen LogP contribution is 2.29. The molecule has 1 heterocycles. The van der Waals surface area contributed by atoms with E-state index in [9.17, 15) is 0 Å². The van der Waals surface area contributed by atoms with Gasteiger partial charge in [-0.25, -0.2) is 0 Å². The molecule has 2 N–H and O–H groups in total. The first kappa shape index (κ1) is 13.7. The van der Waals surface area contributed by atoms with Gasteiger partial charge in [0.25, 0.3) is 0 Å². The van der Waals surface area contributed by atoms with Crippen LogP contribution in [-0.4, -0.2) is 18.0 Å². The Morgan fingerprint density at radius 2 is 1.95 bits per heavy atom. The Hall–Kier alpha value is -1.32. The summed E-state index contributed by atoms with van der Waals surface area (Å²) in [5.74, 6) is 0.670. The van der Waals surface area contributed by atoms with Crippen molar-refractivity contribution in [3.8, 4) is 0 Å². The lowest BCUT2D eigenvalue weighted by atomic mass is 9.99. The molecule has 1 fully saturated rings. The van der Waals surface area contributed by atoms with Crippen molar-refractivity contribution in [1.82, 2.24) is 4.90 Å². The fourth-order valence-corrected chi connectivity index (χ4v) is 3.43. The van der Waals surface area contributed by atoms with Gasteiger partial charge >= 0.3 is 0 Å². The quantitative estimate of drug-likeness (QED) is 0.861. The number of rotatable bonds is 3. The molecule has 1 aliphatic heterocycles. The van der Waals surface area contributed by atoms with Crippen molar-refractivity contribution < 1.29 is 0 Å². The second kappa shape index (κ2) is 5.98. The molecule has 1 atom stereocenters. The van der Waals surface area contributed by atoms with Gasteiger partial charge in [-0.3, -0.25) is 4.90 Å². The van der Waals surface area contributed by atoms with Gasteiger partial charge in [-0.05, 0) is 42.1 Å². The Labute approximate surface area is 128 Å². The smallest absolute Gasteiger partial charge is 0.0325 e. The average Bonchev–Trinajstić information content (AvgIpc) is 2.92. The van der Waals surface area contributed by atoms with Crippen LogP contribution in [0.25, 0.3) is 0 Å². The Bertz CT molecular complexity index is 583. The van der Waals surface area contributed by atoms with Gasteiger partial charge in [0.05, 0.1) is 0 Å². The maximum Gasteiger partial charge on any atom is 0.0325 e. The SMILES string of the molecule is Nc1ccc(CN2CCC(c3ccccc3)C2)c(Br)c1. The highest BCUT2D eigenvalue weighted by molar-refractivity contribution is 9.10. The maximum absolute atomic E-state index is 5.79. The minimum atomic E-state index is 0.670. The topological polar surface area (TPSA) is 29.3 Å². The molecular weight excluding hydrogens is 312 g/mol. The first-order valence-electron chi connectivity index (χ1n) is 7.03. The largest absolute Gasteiger partial charge is 0.399 e. The third kappa shape index (κ3) is 3.05.